The van der Waals surface area contributed by atoms with Gasteiger partial charge in [0.05, 0.1) is 0 Å². The Balaban J connectivity index is 2.06. The van der Waals surface area contributed by atoms with Gasteiger partial charge in [-0.05, 0) is 31.7 Å². The number of hydrogen-bond acceptors (Lipinski definition) is 1. The first-order valence-corrected chi connectivity index (χ1v) is 4.40. The second kappa shape index (κ2) is 5.14. The highest BCUT2D eigenvalue weighted by molar-refractivity contribution is 4.90. The maximum Gasteiger partial charge on any atom is 0.0132 e. The first-order valence-electron chi connectivity index (χ1n) is 4.40. The van der Waals surface area contributed by atoms with Crippen molar-refractivity contribution >= 4 is 0 Å². The number of nitrogens with one attached hydrogen (secondary N) is 1. The predicted molar refractivity (Wildman–Crippen MR) is 49.5 cm³/mol. The average molecular weight is 151 g/mol. The van der Waals surface area contributed by atoms with Crippen LogP contribution in [0, 0.1) is 5.92 Å². The lowest BCUT2D eigenvalue weighted by Gasteiger charge is -2.17. The topological polar surface area (TPSA) is 12.0 Å². The molecule has 0 aromatic rings. The zero-order chi connectivity index (χ0) is 7.94. The van der Waals surface area contributed by atoms with Crippen LogP contribution >= 0.6 is 0 Å². The van der Waals surface area contributed by atoms with Crippen LogP contribution in [0.15, 0.2) is 24.8 Å². The first kappa shape index (κ1) is 8.54. The molecule has 0 aromatic carbocycles. The lowest BCUT2D eigenvalue weighted by molar-refractivity contribution is 0.451. The lowest BCUT2D eigenvalue weighted by Crippen LogP contribution is -2.23. The molecule has 1 heteroatoms. The fourth-order valence-corrected chi connectivity index (χ4v) is 1.43. The van der Waals surface area contributed by atoms with Crippen LogP contribution in [-0.4, -0.2) is 13.1 Å². The third-order valence-electron chi connectivity index (χ3n) is 2.10. The molecule has 0 fully saturated rings. The molecule has 0 heterocycles. The molecule has 62 valence electrons. The van der Waals surface area contributed by atoms with Gasteiger partial charge in [-0.3, -0.25) is 0 Å². The van der Waals surface area contributed by atoms with Crippen LogP contribution in [0.4, 0.5) is 0 Å². The van der Waals surface area contributed by atoms with Crippen LogP contribution in [0.5, 0.6) is 0 Å². The van der Waals surface area contributed by atoms with Gasteiger partial charge in [0.2, 0.25) is 0 Å². The minimum absolute atomic E-state index is 0.861. The van der Waals surface area contributed by atoms with Gasteiger partial charge in [-0.25, -0.2) is 0 Å². The Morgan fingerprint density at radius 1 is 1.55 bits per heavy atom. The van der Waals surface area contributed by atoms with Crippen molar-refractivity contribution in [2.45, 2.75) is 19.3 Å². The highest BCUT2D eigenvalue weighted by Crippen LogP contribution is 2.16. The fraction of sp³-hybridized carbons (Fsp3) is 0.600. The third-order valence-corrected chi connectivity index (χ3v) is 2.10. The van der Waals surface area contributed by atoms with E-state index in [4.69, 9.17) is 0 Å². The normalized spacial score (nSPS) is 23.5. The summed E-state index contributed by atoms with van der Waals surface area (Å²) in [4.78, 5) is 0. The van der Waals surface area contributed by atoms with Gasteiger partial charge < -0.3 is 5.32 Å². The predicted octanol–water partition coefficient (Wildman–Crippen LogP) is 2.12. The van der Waals surface area contributed by atoms with E-state index in [1.54, 1.807) is 0 Å². The molecule has 1 atom stereocenters. The molecule has 1 N–H and O–H groups in total. The third kappa shape index (κ3) is 3.38. The molecule has 0 radical (unpaired) electrons. The molecule has 0 saturated carbocycles. The number of hydrogen-bond donors (Lipinski definition) is 1. The molecule has 0 amide bonds. The van der Waals surface area contributed by atoms with E-state index in [9.17, 15) is 0 Å². The monoisotopic (exact) mass is 151 g/mol. The van der Waals surface area contributed by atoms with Crippen molar-refractivity contribution in [1.82, 2.24) is 5.32 Å². The molecule has 0 saturated heterocycles. The van der Waals surface area contributed by atoms with E-state index in [0.29, 0.717) is 0 Å². The largest absolute Gasteiger partial charge is 0.313 e. The van der Waals surface area contributed by atoms with Crippen molar-refractivity contribution in [1.29, 1.82) is 0 Å². The number of allylic oxidation sites excluding steroid dienone is 2. The fourth-order valence-electron chi connectivity index (χ4n) is 1.43. The van der Waals surface area contributed by atoms with Gasteiger partial charge in [0.15, 0.2) is 0 Å². The number of rotatable bonds is 4. The van der Waals surface area contributed by atoms with Gasteiger partial charge in [0.1, 0.15) is 0 Å². The van der Waals surface area contributed by atoms with E-state index < -0.39 is 0 Å². The maximum atomic E-state index is 3.67. The second-order valence-electron chi connectivity index (χ2n) is 3.10. The van der Waals surface area contributed by atoms with Crippen molar-refractivity contribution in [2.24, 2.45) is 5.92 Å². The van der Waals surface area contributed by atoms with Crippen molar-refractivity contribution in [3.63, 3.8) is 0 Å². The summed E-state index contributed by atoms with van der Waals surface area (Å²) < 4.78 is 0. The SMILES string of the molecule is C=CCNCC1CC=CCC1. The van der Waals surface area contributed by atoms with Gasteiger partial charge in [-0.1, -0.05) is 18.2 Å². The summed E-state index contributed by atoms with van der Waals surface area (Å²) in [6.07, 6.45) is 10.4. The van der Waals surface area contributed by atoms with Crippen molar-refractivity contribution in [2.75, 3.05) is 13.1 Å². The zero-order valence-corrected chi connectivity index (χ0v) is 7.05. The summed E-state index contributed by atoms with van der Waals surface area (Å²) in [6.45, 7) is 5.76. The van der Waals surface area contributed by atoms with E-state index in [1.165, 1.54) is 19.3 Å². The summed E-state index contributed by atoms with van der Waals surface area (Å²) in [5.41, 5.74) is 0. The van der Waals surface area contributed by atoms with Gasteiger partial charge >= 0.3 is 0 Å². The second-order valence-corrected chi connectivity index (χ2v) is 3.10. The Bertz CT molecular complexity index is 138. The molecular formula is C10H17N. The molecule has 1 rings (SSSR count). The van der Waals surface area contributed by atoms with Crippen LogP contribution in [0.25, 0.3) is 0 Å². The quantitative estimate of drug-likeness (QED) is 0.479. The summed E-state index contributed by atoms with van der Waals surface area (Å²) in [7, 11) is 0. The van der Waals surface area contributed by atoms with Crippen LogP contribution < -0.4 is 5.32 Å². The zero-order valence-electron chi connectivity index (χ0n) is 7.05. The highest BCUT2D eigenvalue weighted by atomic mass is 14.8. The Morgan fingerprint density at radius 2 is 2.45 bits per heavy atom. The Morgan fingerprint density at radius 3 is 3.09 bits per heavy atom. The van der Waals surface area contributed by atoms with Crippen molar-refractivity contribution in [3.05, 3.63) is 24.8 Å². The minimum Gasteiger partial charge on any atom is -0.313 e. The summed E-state index contributed by atoms with van der Waals surface area (Å²) in [5, 5.41) is 3.35. The highest BCUT2D eigenvalue weighted by Gasteiger charge is 2.07. The smallest absolute Gasteiger partial charge is 0.0132 e. The van der Waals surface area contributed by atoms with E-state index in [1.807, 2.05) is 6.08 Å². The van der Waals surface area contributed by atoms with Crippen LogP contribution in [0.2, 0.25) is 0 Å². The molecule has 0 spiro atoms. The van der Waals surface area contributed by atoms with Crippen LogP contribution in [-0.2, 0) is 0 Å². The molecule has 0 bridgehead atoms. The summed E-state index contributed by atoms with van der Waals surface area (Å²) in [5.74, 6) is 0.861. The standard InChI is InChI=1S/C10H17N/c1-2-8-11-9-10-6-4-3-5-7-10/h2-4,10-11H,1,5-9H2. The summed E-state index contributed by atoms with van der Waals surface area (Å²) >= 11 is 0. The van der Waals surface area contributed by atoms with Crippen LogP contribution in [0.1, 0.15) is 19.3 Å². The minimum atomic E-state index is 0.861. The van der Waals surface area contributed by atoms with E-state index in [0.717, 1.165) is 19.0 Å². The first-order chi connectivity index (χ1) is 5.43. The van der Waals surface area contributed by atoms with E-state index in [-0.39, 0.29) is 0 Å². The molecule has 0 aromatic heterocycles. The Kier molecular flexibility index (Phi) is 3.99. The van der Waals surface area contributed by atoms with Crippen molar-refractivity contribution in [3.8, 4) is 0 Å². The molecule has 1 nitrogen and oxygen atoms in total. The lowest BCUT2D eigenvalue weighted by atomic mass is 9.94. The van der Waals surface area contributed by atoms with Crippen LogP contribution in [0.3, 0.4) is 0 Å². The summed E-state index contributed by atoms with van der Waals surface area (Å²) in [6, 6.07) is 0. The maximum absolute atomic E-state index is 3.67. The van der Waals surface area contributed by atoms with Gasteiger partial charge in [0.25, 0.3) is 0 Å². The average Bonchev–Trinajstić information content (AvgIpc) is 2.07. The van der Waals surface area contributed by atoms with E-state index >= 15 is 0 Å². The van der Waals surface area contributed by atoms with Gasteiger partial charge in [-0.15, -0.1) is 6.58 Å². The molecule has 1 aliphatic rings. The molecule has 0 aliphatic heterocycles. The molecule has 1 aliphatic carbocycles. The van der Waals surface area contributed by atoms with E-state index in [2.05, 4.69) is 24.0 Å². The van der Waals surface area contributed by atoms with Crippen molar-refractivity contribution < 1.29 is 0 Å². The van der Waals surface area contributed by atoms with Gasteiger partial charge in [0, 0.05) is 6.54 Å². The molecule has 11 heavy (non-hydrogen) atoms. The molecule has 1 unspecified atom stereocenters. The Hall–Kier alpha value is -0.560. The Labute approximate surface area is 69.2 Å². The van der Waals surface area contributed by atoms with Gasteiger partial charge in [-0.2, -0.15) is 0 Å². The molecular weight excluding hydrogens is 134 g/mol.